The van der Waals surface area contributed by atoms with Crippen LogP contribution in [0.15, 0.2) is 41.8 Å². The predicted molar refractivity (Wildman–Crippen MR) is 136 cm³/mol. The molecule has 2 aliphatic rings. The van der Waals surface area contributed by atoms with Crippen molar-refractivity contribution >= 4 is 23.2 Å². The van der Waals surface area contributed by atoms with Gasteiger partial charge in [-0.15, -0.1) is 11.3 Å². The maximum Gasteiger partial charge on any atom is 0.242 e. The summed E-state index contributed by atoms with van der Waals surface area (Å²) < 4.78 is 5.83. The van der Waals surface area contributed by atoms with Crippen LogP contribution in [0.25, 0.3) is 0 Å². The second kappa shape index (κ2) is 12.5. The van der Waals surface area contributed by atoms with E-state index >= 15 is 0 Å². The maximum absolute atomic E-state index is 13.6. The van der Waals surface area contributed by atoms with Crippen molar-refractivity contribution in [2.24, 2.45) is 5.92 Å². The van der Waals surface area contributed by atoms with Crippen molar-refractivity contribution in [1.82, 2.24) is 9.80 Å². The summed E-state index contributed by atoms with van der Waals surface area (Å²) in [5.41, 5.74) is 2.31. The number of amides is 2. The third kappa shape index (κ3) is 7.16. The molecule has 2 amide bonds. The molecule has 1 aliphatic carbocycles. The number of hydrogen-bond donors (Lipinski definition) is 0. The van der Waals surface area contributed by atoms with Crippen molar-refractivity contribution in [1.29, 1.82) is 0 Å². The molecule has 4 rings (SSSR count). The Morgan fingerprint density at radius 1 is 0.971 bits per heavy atom. The lowest BCUT2D eigenvalue weighted by Gasteiger charge is -2.29. The second-order valence-electron chi connectivity index (χ2n) is 9.86. The molecular weight excluding hydrogens is 444 g/mol. The maximum atomic E-state index is 13.6. The van der Waals surface area contributed by atoms with Gasteiger partial charge in [0, 0.05) is 31.0 Å². The monoisotopic (exact) mass is 482 g/mol. The van der Waals surface area contributed by atoms with E-state index in [4.69, 9.17) is 4.74 Å². The Morgan fingerprint density at radius 2 is 1.76 bits per heavy atom. The van der Waals surface area contributed by atoms with Crippen molar-refractivity contribution in [3.05, 3.63) is 57.8 Å². The smallest absolute Gasteiger partial charge is 0.242 e. The zero-order valence-electron chi connectivity index (χ0n) is 20.4. The van der Waals surface area contributed by atoms with Gasteiger partial charge in [0.15, 0.2) is 0 Å². The average Bonchev–Trinajstić information content (AvgIpc) is 3.62. The summed E-state index contributed by atoms with van der Waals surface area (Å²) >= 11 is 1.68. The molecule has 2 heterocycles. The minimum absolute atomic E-state index is 0.00358. The fraction of sp³-hybridized carbons (Fsp3) is 0.571. The number of rotatable bonds is 11. The van der Waals surface area contributed by atoms with Crippen LogP contribution in [0.1, 0.15) is 67.4 Å². The van der Waals surface area contributed by atoms with Gasteiger partial charge in [0.2, 0.25) is 11.8 Å². The van der Waals surface area contributed by atoms with E-state index in [9.17, 15) is 9.59 Å². The van der Waals surface area contributed by atoms with Gasteiger partial charge in [0.05, 0.1) is 19.2 Å². The molecule has 0 radical (unpaired) electrons. The molecule has 0 spiro atoms. The topological polar surface area (TPSA) is 49.9 Å². The first-order chi connectivity index (χ1) is 16.6. The number of ether oxygens (including phenoxy) is 1. The molecule has 6 heteroatoms. The Hall–Kier alpha value is -2.18. The van der Waals surface area contributed by atoms with Crippen LogP contribution in [0.2, 0.25) is 0 Å². The Morgan fingerprint density at radius 3 is 2.44 bits per heavy atom. The number of nitrogens with zero attached hydrogens (tertiary/aromatic N) is 2. The molecule has 1 saturated carbocycles. The van der Waals surface area contributed by atoms with Crippen LogP contribution in [-0.2, 0) is 27.4 Å². The highest BCUT2D eigenvalue weighted by molar-refractivity contribution is 7.10. The number of aryl methyl sites for hydroxylation is 1. The highest BCUT2D eigenvalue weighted by atomic mass is 32.1. The summed E-state index contributed by atoms with van der Waals surface area (Å²) in [4.78, 5) is 31.8. The average molecular weight is 483 g/mol. The van der Waals surface area contributed by atoms with E-state index in [2.05, 4.69) is 30.5 Å². The molecule has 1 aromatic heterocycles. The number of thiophene rings is 1. The SMILES string of the molecule is Cc1ccsc1CN(Cc1ccccc1)C(=O)CN(CC1CCCO1)C(=O)CCC1CCCC1. The van der Waals surface area contributed by atoms with Crippen LogP contribution in [0.3, 0.4) is 0 Å². The molecule has 1 saturated heterocycles. The van der Waals surface area contributed by atoms with Crippen LogP contribution in [-0.4, -0.2) is 47.4 Å². The van der Waals surface area contributed by atoms with Crippen LogP contribution >= 0.6 is 11.3 Å². The molecule has 1 aromatic carbocycles. The fourth-order valence-corrected chi connectivity index (χ4v) is 6.03. The molecule has 34 heavy (non-hydrogen) atoms. The first-order valence-electron chi connectivity index (χ1n) is 12.8. The lowest BCUT2D eigenvalue weighted by Crippen LogP contribution is -2.45. The minimum Gasteiger partial charge on any atom is -0.376 e. The van der Waals surface area contributed by atoms with Crippen molar-refractivity contribution < 1.29 is 14.3 Å². The molecular formula is C28H38N2O3S. The zero-order valence-corrected chi connectivity index (χ0v) is 21.2. The van der Waals surface area contributed by atoms with Gasteiger partial charge in [0.25, 0.3) is 0 Å². The van der Waals surface area contributed by atoms with Crippen LogP contribution in [0, 0.1) is 12.8 Å². The number of hydrogen-bond acceptors (Lipinski definition) is 4. The van der Waals surface area contributed by atoms with E-state index < -0.39 is 0 Å². The Kier molecular flexibility index (Phi) is 9.17. The van der Waals surface area contributed by atoms with Crippen LogP contribution < -0.4 is 0 Å². The van der Waals surface area contributed by atoms with Crippen molar-refractivity contribution in [2.45, 2.75) is 77.5 Å². The van der Waals surface area contributed by atoms with E-state index in [0.717, 1.165) is 31.4 Å². The summed E-state index contributed by atoms with van der Waals surface area (Å²) in [6.45, 7) is 4.60. The number of carbonyl (C=O) groups is 2. The third-order valence-electron chi connectivity index (χ3n) is 7.24. The molecule has 5 nitrogen and oxygen atoms in total. The van der Waals surface area contributed by atoms with Crippen molar-refractivity contribution in [3.63, 3.8) is 0 Å². The van der Waals surface area contributed by atoms with E-state index in [1.54, 1.807) is 16.2 Å². The van der Waals surface area contributed by atoms with Gasteiger partial charge >= 0.3 is 0 Å². The molecule has 0 bridgehead atoms. The van der Waals surface area contributed by atoms with Crippen LogP contribution in [0.4, 0.5) is 0 Å². The summed E-state index contributed by atoms with van der Waals surface area (Å²) in [5, 5.41) is 2.08. The zero-order chi connectivity index (χ0) is 23.8. The molecule has 1 unspecified atom stereocenters. The molecule has 184 valence electrons. The quantitative estimate of drug-likeness (QED) is 0.421. The van der Waals surface area contributed by atoms with E-state index in [0.29, 0.717) is 32.0 Å². The number of benzene rings is 1. The normalized spacial score (nSPS) is 18.3. The lowest BCUT2D eigenvalue weighted by atomic mass is 10.0. The lowest BCUT2D eigenvalue weighted by molar-refractivity contribution is -0.142. The van der Waals surface area contributed by atoms with E-state index in [-0.39, 0.29) is 24.5 Å². The summed E-state index contributed by atoms with van der Waals surface area (Å²) in [5.74, 6) is 0.771. The standard InChI is InChI=1S/C28H38N2O3S/c1-22-15-17-34-26(22)20-29(18-24-10-3-2-4-11-24)28(32)21-30(19-25-12-7-16-33-25)27(31)14-13-23-8-5-6-9-23/h2-4,10-11,15,17,23,25H,5-9,12-14,16,18-21H2,1H3. The number of carbonyl (C=O) groups excluding carboxylic acids is 2. The first-order valence-corrected chi connectivity index (χ1v) is 13.7. The van der Waals surface area contributed by atoms with Gasteiger partial charge in [-0.3, -0.25) is 9.59 Å². The summed E-state index contributed by atoms with van der Waals surface area (Å²) in [7, 11) is 0. The van der Waals surface area contributed by atoms with Crippen molar-refractivity contribution in [2.75, 3.05) is 19.7 Å². The van der Waals surface area contributed by atoms with Gasteiger partial charge in [-0.25, -0.2) is 0 Å². The van der Waals surface area contributed by atoms with Gasteiger partial charge in [-0.1, -0.05) is 56.0 Å². The molecule has 0 N–H and O–H groups in total. The predicted octanol–water partition coefficient (Wildman–Crippen LogP) is 5.56. The summed E-state index contributed by atoms with van der Waals surface area (Å²) in [6.07, 6.45) is 8.56. The molecule has 2 fully saturated rings. The van der Waals surface area contributed by atoms with Crippen molar-refractivity contribution in [3.8, 4) is 0 Å². The summed E-state index contributed by atoms with van der Waals surface area (Å²) in [6, 6.07) is 12.2. The molecule has 1 aliphatic heterocycles. The highest BCUT2D eigenvalue weighted by Gasteiger charge is 2.27. The Balaban J connectivity index is 1.45. The van der Waals surface area contributed by atoms with Crippen LogP contribution in [0.5, 0.6) is 0 Å². The molecule has 2 aromatic rings. The Bertz CT molecular complexity index is 917. The fourth-order valence-electron chi connectivity index (χ4n) is 5.11. The second-order valence-corrected chi connectivity index (χ2v) is 10.9. The van der Waals surface area contributed by atoms with E-state index in [1.165, 1.54) is 36.1 Å². The molecule has 1 atom stereocenters. The Labute approximate surface area is 208 Å². The van der Waals surface area contributed by atoms with Gasteiger partial charge in [-0.2, -0.15) is 0 Å². The van der Waals surface area contributed by atoms with Gasteiger partial charge in [0.1, 0.15) is 0 Å². The third-order valence-corrected chi connectivity index (χ3v) is 8.25. The first kappa shape index (κ1) is 24.9. The van der Waals surface area contributed by atoms with Gasteiger partial charge in [-0.05, 0) is 54.7 Å². The van der Waals surface area contributed by atoms with Gasteiger partial charge < -0.3 is 14.5 Å². The minimum atomic E-state index is 0.00358. The largest absolute Gasteiger partial charge is 0.376 e. The highest BCUT2D eigenvalue weighted by Crippen LogP contribution is 2.29. The van der Waals surface area contributed by atoms with E-state index in [1.807, 2.05) is 23.1 Å².